The largest absolute Gasteiger partial charge is 0.508 e. The third-order valence-corrected chi connectivity index (χ3v) is 3.29. The molecule has 17 heavy (non-hydrogen) atoms. The molecular formula is C14H22FNO. The molecule has 0 aliphatic heterocycles. The van der Waals surface area contributed by atoms with E-state index < -0.39 is 5.82 Å². The first-order valence-electron chi connectivity index (χ1n) is 5.89. The summed E-state index contributed by atoms with van der Waals surface area (Å²) in [5.74, 6) is -0.409. The summed E-state index contributed by atoms with van der Waals surface area (Å²) in [5.41, 5.74) is 0.963. The summed E-state index contributed by atoms with van der Waals surface area (Å²) in [7, 11) is 2.01. The maximum atomic E-state index is 13.1. The SMILES string of the molecule is CC(N(C)Cc1cc(O)cc(F)c1)C(C)(C)C. The lowest BCUT2D eigenvalue weighted by molar-refractivity contribution is 0.134. The van der Waals surface area contributed by atoms with Crippen LogP contribution in [0.4, 0.5) is 4.39 Å². The van der Waals surface area contributed by atoms with Gasteiger partial charge < -0.3 is 5.11 Å². The number of benzene rings is 1. The molecule has 1 aromatic carbocycles. The van der Waals surface area contributed by atoms with E-state index in [0.717, 1.165) is 11.6 Å². The van der Waals surface area contributed by atoms with Crippen molar-refractivity contribution >= 4 is 0 Å². The predicted octanol–water partition coefficient (Wildman–Crippen LogP) is 3.40. The summed E-state index contributed by atoms with van der Waals surface area (Å²) in [6, 6.07) is 4.56. The number of aromatic hydroxyl groups is 1. The van der Waals surface area contributed by atoms with Crippen molar-refractivity contribution in [3.8, 4) is 5.75 Å². The van der Waals surface area contributed by atoms with Gasteiger partial charge >= 0.3 is 0 Å². The summed E-state index contributed by atoms with van der Waals surface area (Å²) >= 11 is 0. The molecule has 0 fully saturated rings. The predicted molar refractivity (Wildman–Crippen MR) is 68.4 cm³/mol. The zero-order valence-corrected chi connectivity index (χ0v) is 11.3. The minimum Gasteiger partial charge on any atom is -0.508 e. The van der Waals surface area contributed by atoms with E-state index in [1.54, 1.807) is 6.07 Å². The van der Waals surface area contributed by atoms with Crippen molar-refractivity contribution in [2.75, 3.05) is 7.05 Å². The summed E-state index contributed by atoms with van der Waals surface area (Å²) in [4.78, 5) is 2.16. The summed E-state index contributed by atoms with van der Waals surface area (Å²) in [6.07, 6.45) is 0. The molecule has 0 saturated heterocycles. The average molecular weight is 239 g/mol. The lowest BCUT2D eigenvalue weighted by atomic mass is 9.87. The Morgan fingerprint density at radius 2 is 1.88 bits per heavy atom. The third kappa shape index (κ3) is 4.00. The van der Waals surface area contributed by atoms with Crippen LogP contribution in [0.1, 0.15) is 33.3 Å². The van der Waals surface area contributed by atoms with Crippen LogP contribution >= 0.6 is 0 Å². The minimum absolute atomic E-state index is 0.0168. The Balaban J connectivity index is 2.77. The Hall–Kier alpha value is -1.09. The number of phenolic OH excluding ortho intramolecular Hbond substituents is 1. The van der Waals surface area contributed by atoms with Gasteiger partial charge in [0, 0.05) is 18.7 Å². The van der Waals surface area contributed by atoms with Gasteiger partial charge in [-0.1, -0.05) is 20.8 Å². The van der Waals surface area contributed by atoms with Crippen molar-refractivity contribution in [3.63, 3.8) is 0 Å². The van der Waals surface area contributed by atoms with Gasteiger partial charge in [0.15, 0.2) is 0 Å². The number of rotatable bonds is 3. The molecule has 0 aliphatic rings. The van der Waals surface area contributed by atoms with E-state index in [0.29, 0.717) is 12.6 Å². The molecule has 0 aliphatic carbocycles. The molecule has 0 spiro atoms. The molecule has 1 N–H and O–H groups in total. The fraction of sp³-hybridized carbons (Fsp3) is 0.571. The second-order valence-corrected chi connectivity index (χ2v) is 5.77. The van der Waals surface area contributed by atoms with E-state index in [1.165, 1.54) is 6.07 Å². The van der Waals surface area contributed by atoms with Crippen LogP contribution in [0.5, 0.6) is 5.75 Å². The zero-order chi connectivity index (χ0) is 13.2. The number of halogens is 1. The molecule has 1 unspecified atom stereocenters. The number of hydrogen-bond acceptors (Lipinski definition) is 2. The second-order valence-electron chi connectivity index (χ2n) is 5.77. The average Bonchev–Trinajstić information content (AvgIpc) is 2.13. The van der Waals surface area contributed by atoms with Crippen molar-refractivity contribution in [3.05, 3.63) is 29.6 Å². The van der Waals surface area contributed by atoms with E-state index in [9.17, 15) is 9.50 Å². The highest BCUT2D eigenvalue weighted by molar-refractivity contribution is 5.28. The molecule has 0 heterocycles. The maximum Gasteiger partial charge on any atom is 0.127 e. The Kier molecular flexibility index (Phi) is 4.15. The van der Waals surface area contributed by atoms with E-state index in [4.69, 9.17) is 0 Å². The first-order chi connectivity index (χ1) is 7.70. The van der Waals surface area contributed by atoms with Crippen molar-refractivity contribution in [1.82, 2.24) is 4.90 Å². The molecule has 0 bridgehead atoms. The Labute approximate surface area is 103 Å². The highest BCUT2D eigenvalue weighted by Gasteiger charge is 2.23. The quantitative estimate of drug-likeness (QED) is 0.874. The van der Waals surface area contributed by atoms with Gasteiger partial charge in [-0.2, -0.15) is 0 Å². The van der Waals surface area contributed by atoms with Crippen LogP contribution in [0.3, 0.4) is 0 Å². The molecule has 0 saturated carbocycles. The van der Waals surface area contributed by atoms with Crippen LogP contribution in [0.25, 0.3) is 0 Å². The van der Waals surface area contributed by atoms with Crippen molar-refractivity contribution < 1.29 is 9.50 Å². The Morgan fingerprint density at radius 1 is 1.29 bits per heavy atom. The van der Waals surface area contributed by atoms with Crippen molar-refractivity contribution in [2.24, 2.45) is 5.41 Å². The zero-order valence-electron chi connectivity index (χ0n) is 11.3. The Morgan fingerprint density at radius 3 is 2.35 bits per heavy atom. The van der Waals surface area contributed by atoms with E-state index in [-0.39, 0.29) is 11.2 Å². The molecule has 1 aromatic rings. The normalized spacial score (nSPS) is 14.1. The van der Waals surface area contributed by atoms with Gasteiger partial charge in [-0.15, -0.1) is 0 Å². The highest BCUT2D eigenvalue weighted by atomic mass is 19.1. The summed E-state index contributed by atoms with van der Waals surface area (Å²) in [6.45, 7) is 9.31. The summed E-state index contributed by atoms with van der Waals surface area (Å²) < 4.78 is 13.1. The van der Waals surface area contributed by atoms with E-state index in [2.05, 4.69) is 32.6 Å². The molecule has 0 aromatic heterocycles. The van der Waals surface area contributed by atoms with Crippen LogP contribution in [0.15, 0.2) is 18.2 Å². The molecule has 0 radical (unpaired) electrons. The lowest BCUT2D eigenvalue weighted by Crippen LogP contribution is -2.38. The van der Waals surface area contributed by atoms with E-state index >= 15 is 0 Å². The minimum atomic E-state index is -0.392. The smallest absolute Gasteiger partial charge is 0.127 e. The standard InChI is InChI=1S/C14H22FNO/c1-10(14(2,3)4)16(5)9-11-6-12(15)8-13(17)7-11/h6-8,10,17H,9H2,1-5H3. The molecule has 1 atom stereocenters. The molecule has 2 nitrogen and oxygen atoms in total. The molecule has 0 amide bonds. The van der Waals surface area contributed by atoms with Gasteiger partial charge in [-0.3, -0.25) is 4.90 Å². The second kappa shape index (κ2) is 5.05. The van der Waals surface area contributed by atoms with Gasteiger partial charge in [0.1, 0.15) is 11.6 Å². The van der Waals surface area contributed by atoms with Crippen LogP contribution in [0.2, 0.25) is 0 Å². The van der Waals surface area contributed by atoms with Crippen molar-refractivity contribution in [2.45, 2.75) is 40.3 Å². The first-order valence-corrected chi connectivity index (χ1v) is 5.89. The molecule has 1 rings (SSSR count). The van der Waals surface area contributed by atoms with Gasteiger partial charge in [0.2, 0.25) is 0 Å². The van der Waals surface area contributed by atoms with Gasteiger partial charge in [-0.05, 0) is 37.1 Å². The first kappa shape index (κ1) is 14.0. The molecule has 3 heteroatoms. The number of hydrogen-bond donors (Lipinski definition) is 1. The third-order valence-electron chi connectivity index (χ3n) is 3.29. The number of phenols is 1. The van der Waals surface area contributed by atoms with Crippen LogP contribution in [-0.4, -0.2) is 23.1 Å². The van der Waals surface area contributed by atoms with Crippen LogP contribution in [-0.2, 0) is 6.54 Å². The summed E-state index contributed by atoms with van der Waals surface area (Å²) in [5, 5.41) is 9.35. The monoisotopic (exact) mass is 239 g/mol. The van der Waals surface area contributed by atoms with Crippen molar-refractivity contribution in [1.29, 1.82) is 0 Å². The van der Waals surface area contributed by atoms with Gasteiger partial charge in [-0.25, -0.2) is 4.39 Å². The van der Waals surface area contributed by atoms with Crippen LogP contribution < -0.4 is 0 Å². The van der Waals surface area contributed by atoms with Gasteiger partial charge in [0.05, 0.1) is 0 Å². The maximum absolute atomic E-state index is 13.1. The fourth-order valence-corrected chi connectivity index (χ4v) is 1.81. The van der Waals surface area contributed by atoms with Gasteiger partial charge in [0.25, 0.3) is 0 Å². The number of nitrogens with zero attached hydrogens (tertiary/aromatic N) is 1. The van der Waals surface area contributed by atoms with E-state index in [1.807, 2.05) is 7.05 Å². The topological polar surface area (TPSA) is 23.5 Å². The lowest BCUT2D eigenvalue weighted by Gasteiger charge is -2.35. The Bertz CT molecular complexity index is 364. The molecule has 96 valence electrons. The highest BCUT2D eigenvalue weighted by Crippen LogP contribution is 2.25. The van der Waals surface area contributed by atoms with Crippen LogP contribution in [0, 0.1) is 11.2 Å². The fourth-order valence-electron chi connectivity index (χ4n) is 1.81. The molecular weight excluding hydrogens is 217 g/mol.